The van der Waals surface area contributed by atoms with Crippen molar-refractivity contribution >= 4 is 5.91 Å². The van der Waals surface area contributed by atoms with Gasteiger partial charge in [-0.1, -0.05) is 0 Å². The molecule has 4 nitrogen and oxygen atoms in total. The van der Waals surface area contributed by atoms with Gasteiger partial charge in [0.2, 0.25) is 0 Å². The first kappa shape index (κ1) is 11.0. The number of aromatic nitrogens is 1. The van der Waals surface area contributed by atoms with Gasteiger partial charge < -0.3 is 0 Å². The van der Waals surface area contributed by atoms with Crippen molar-refractivity contribution in [3.8, 4) is 0 Å². The molecule has 1 amide bonds. The molecule has 5 heteroatoms. The fourth-order valence-electron chi connectivity index (χ4n) is 1.62. The number of hydrogen-bond donors (Lipinski definition) is 0. The molecule has 0 unspecified atom stereocenters. The van der Waals surface area contributed by atoms with E-state index in [1.165, 1.54) is 17.3 Å². The highest BCUT2D eigenvalue weighted by atomic mass is 19.1. The highest BCUT2D eigenvalue weighted by Crippen LogP contribution is 2.13. The molecule has 1 fully saturated rings. The monoisotopic (exact) mass is 224 g/mol. The molecule has 1 aliphatic heterocycles. The molecule has 0 aliphatic carbocycles. The molecule has 0 aromatic carbocycles. The number of nitrogens with zero attached hydrogens (tertiary/aromatic N) is 2. The summed E-state index contributed by atoms with van der Waals surface area (Å²) in [5.41, 5.74) is 0.0110. The molecule has 0 spiro atoms. The third-order valence-corrected chi connectivity index (χ3v) is 2.48. The van der Waals surface area contributed by atoms with Gasteiger partial charge in [0.25, 0.3) is 5.91 Å². The highest BCUT2D eigenvalue weighted by molar-refractivity contribution is 5.93. The summed E-state index contributed by atoms with van der Waals surface area (Å²) in [4.78, 5) is 20.8. The summed E-state index contributed by atoms with van der Waals surface area (Å²) >= 11 is 0. The van der Waals surface area contributed by atoms with Crippen LogP contribution >= 0.6 is 0 Å². The van der Waals surface area contributed by atoms with E-state index < -0.39 is 11.7 Å². The lowest BCUT2D eigenvalue weighted by Crippen LogP contribution is -2.31. The molecule has 2 rings (SSSR count). The fourth-order valence-corrected chi connectivity index (χ4v) is 1.62. The van der Waals surface area contributed by atoms with Gasteiger partial charge in [-0.2, -0.15) is 0 Å². The fraction of sp³-hybridized carbons (Fsp3) is 0.455. The van der Waals surface area contributed by atoms with Crippen LogP contribution in [-0.2, 0) is 4.84 Å². The zero-order valence-corrected chi connectivity index (χ0v) is 8.86. The molecule has 1 aliphatic rings. The number of pyridine rings is 1. The Balaban J connectivity index is 2.14. The van der Waals surface area contributed by atoms with Gasteiger partial charge >= 0.3 is 0 Å². The predicted molar refractivity (Wildman–Crippen MR) is 55.0 cm³/mol. The standard InChI is InChI=1S/C11H13FN2O2/c12-10-8-13-5-4-9(10)11(15)14-6-2-1-3-7-16-14/h4-5,8H,1-3,6-7H2. The van der Waals surface area contributed by atoms with Crippen LogP contribution in [-0.4, -0.2) is 29.1 Å². The summed E-state index contributed by atoms with van der Waals surface area (Å²) in [6.45, 7) is 1.03. The Morgan fingerprint density at radius 1 is 1.44 bits per heavy atom. The molecule has 0 saturated carbocycles. The molecular weight excluding hydrogens is 211 g/mol. The van der Waals surface area contributed by atoms with E-state index in [0.29, 0.717) is 13.2 Å². The van der Waals surface area contributed by atoms with E-state index in [4.69, 9.17) is 4.84 Å². The van der Waals surface area contributed by atoms with E-state index in [2.05, 4.69) is 4.98 Å². The van der Waals surface area contributed by atoms with Crippen molar-refractivity contribution in [2.75, 3.05) is 13.2 Å². The third kappa shape index (κ3) is 2.36. The normalized spacial score (nSPS) is 16.9. The smallest absolute Gasteiger partial charge is 0.271 e. The van der Waals surface area contributed by atoms with Gasteiger partial charge in [-0.05, 0) is 25.3 Å². The summed E-state index contributed by atoms with van der Waals surface area (Å²) in [6, 6.07) is 1.37. The maximum atomic E-state index is 13.3. The molecule has 0 atom stereocenters. The summed E-state index contributed by atoms with van der Waals surface area (Å²) in [5.74, 6) is -1.04. The van der Waals surface area contributed by atoms with Crippen LogP contribution in [0.5, 0.6) is 0 Å². The van der Waals surface area contributed by atoms with Crippen molar-refractivity contribution in [1.29, 1.82) is 0 Å². The molecule has 2 heterocycles. The second kappa shape index (κ2) is 5.03. The summed E-state index contributed by atoms with van der Waals surface area (Å²) in [6.07, 6.45) is 5.28. The summed E-state index contributed by atoms with van der Waals surface area (Å²) < 4.78 is 13.3. The first-order valence-electron chi connectivity index (χ1n) is 5.33. The Kier molecular flexibility index (Phi) is 3.46. The van der Waals surface area contributed by atoms with Crippen molar-refractivity contribution in [3.05, 3.63) is 29.8 Å². The van der Waals surface area contributed by atoms with Crippen LogP contribution < -0.4 is 0 Å². The average molecular weight is 224 g/mol. The minimum atomic E-state index is -0.611. The van der Waals surface area contributed by atoms with Crippen molar-refractivity contribution in [1.82, 2.24) is 10.0 Å². The second-order valence-electron chi connectivity index (χ2n) is 3.66. The van der Waals surface area contributed by atoms with Crippen LogP contribution in [0.25, 0.3) is 0 Å². The Labute approximate surface area is 93.0 Å². The van der Waals surface area contributed by atoms with Crippen molar-refractivity contribution in [2.24, 2.45) is 0 Å². The van der Waals surface area contributed by atoms with Crippen LogP contribution in [0.4, 0.5) is 4.39 Å². The molecule has 0 N–H and O–H groups in total. The lowest BCUT2D eigenvalue weighted by atomic mass is 10.2. The van der Waals surface area contributed by atoms with E-state index in [1.54, 1.807) is 0 Å². The van der Waals surface area contributed by atoms with Gasteiger partial charge in [0.05, 0.1) is 18.4 Å². The van der Waals surface area contributed by atoms with Crippen molar-refractivity contribution in [2.45, 2.75) is 19.3 Å². The second-order valence-corrected chi connectivity index (χ2v) is 3.66. The maximum absolute atomic E-state index is 13.3. The van der Waals surface area contributed by atoms with Crippen molar-refractivity contribution < 1.29 is 14.0 Å². The topological polar surface area (TPSA) is 42.4 Å². The lowest BCUT2D eigenvalue weighted by Gasteiger charge is -2.19. The third-order valence-electron chi connectivity index (χ3n) is 2.48. The largest absolute Gasteiger partial charge is 0.280 e. The number of carbonyl (C=O) groups is 1. The number of carbonyl (C=O) groups excluding carboxylic acids is 1. The minimum absolute atomic E-state index is 0.0110. The van der Waals surface area contributed by atoms with Gasteiger partial charge in [0, 0.05) is 12.7 Å². The van der Waals surface area contributed by atoms with Crippen LogP contribution in [0.3, 0.4) is 0 Å². The number of amides is 1. The number of rotatable bonds is 1. The first-order valence-corrected chi connectivity index (χ1v) is 5.33. The van der Waals surface area contributed by atoms with E-state index in [9.17, 15) is 9.18 Å². The molecule has 16 heavy (non-hydrogen) atoms. The van der Waals surface area contributed by atoms with Gasteiger partial charge in [0.1, 0.15) is 0 Å². The molecular formula is C11H13FN2O2. The van der Waals surface area contributed by atoms with E-state index in [1.807, 2.05) is 0 Å². The van der Waals surface area contributed by atoms with Gasteiger partial charge in [-0.3, -0.25) is 14.6 Å². The Morgan fingerprint density at radius 2 is 2.31 bits per heavy atom. The van der Waals surface area contributed by atoms with E-state index >= 15 is 0 Å². The molecule has 1 saturated heterocycles. The quantitative estimate of drug-likeness (QED) is 0.730. The zero-order chi connectivity index (χ0) is 11.4. The van der Waals surface area contributed by atoms with Gasteiger partial charge in [-0.25, -0.2) is 9.45 Å². The highest BCUT2D eigenvalue weighted by Gasteiger charge is 2.21. The Morgan fingerprint density at radius 3 is 3.12 bits per heavy atom. The maximum Gasteiger partial charge on any atom is 0.280 e. The van der Waals surface area contributed by atoms with E-state index in [-0.39, 0.29) is 5.56 Å². The lowest BCUT2D eigenvalue weighted by molar-refractivity contribution is -0.115. The summed E-state index contributed by atoms with van der Waals surface area (Å²) in [5, 5.41) is 1.24. The number of hydroxylamine groups is 2. The van der Waals surface area contributed by atoms with Gasteiger partial charge in [0.15, 0.2) is 5.82 Å². The van der Waals surface area contributed by atoms with Crippen LogP contribution in [0, 0.1) is 5.82 Å². The van der Waals surface area contributed by atoms with Crippen molar-refractivity contribution in [3.63, 3.8) is 0 Å². The zero-order valence-electron chi connectivity index (χ0n) is 8.86. The molecule has 86 valence electrons. The molecule has 0 bridgehead atoms. The molecule has 0 radical (unpaired) electrons. The first-order chi connectivity index (χ1) is 7.79. The Hall–Kier alpha value is -1.49. The van der Waals surface area contributed by atoms with Crippen LogP contribution in [0.15, 0.2) is 18.5 Å². The summed E-state index contributed by atoms with van der Waals surface area (Å²) in [7, 11) is 0. The van der Waals surface area contributed by atoms with E-state index in [0.717, 1.165) is 25.5 Å². The molecule has 1 aromatic heterocycles. The Bertz CT molecular complexity index is 376. The molecule has 1 aromatic rings. The predicted octanol–water partition coefficient (Wildman–Crippen LogP) is 1.78. The van der Waals surface area contributed by atoms with Crippen LogP contribution in [0.1, 0.15) is 29.6 Å². The SMILES string of the molecule is O=C(c1ccncc1F)N1CCCCCO1. The minimum Gasteiger partial charge on any atom is -0.271 e. The number of halogens is 1. The van der Waals surface area contributed by atoms with Crippen LogP contribution in [0.2, 0.25) is 0 Å². The average Bonchev–Trinajstić information content (AvgIpc) is 2.57. The van der Waals surface area contributed by atoms with Gasteiger partial charge in [-0.15, -0.1) is 0 Å². The number of hydrogen-bond acceptors (Lipinski definition) is 3.